The van der Waals surface area contributed by atoms with Crippen LogP contribution in [0.25, 0.3) is 0 Å². The second-order valence-electron chi connectivity index (χ2n) is 7.84. The van der Waals surface area contributed by atoms with Crippen LogP contribution in [0.4, 0.5) is 0 Å². The number of carbonyl (C=O) groups excluding carboxylic acids is 1. The third kappa shape index (κ3) is 21.4. The first-order valence-electron chi connectivity index (χ1n) is 11.1. The van der Waals surface area contributed by atoms with E-state index in [2.05, 4.69) is 12.3 Å². The fourth-order valence-electron chi connectivity index (χ4n) is 3.32. The van der Waals surface area contributed by atoms with Gasteiger partial charge in [-0.1, -0.05) is 110 Å². The molecule has 0 fully saturated rings. The van der Waals surface area contributed by atoms with E-state index >= 15 is 0 Å². The minimum absolute atomic E-state index is 0.144. The van der Waals surface area contributed by atoms with Gasteiger partial charge in [0.15, 0.2) is 0 Å². The van der Waals surface area contributed by atoms with Gasteiger partial charge in [-0.3, -0.25) is 10.2 Å². The molecular weight excluding hydrogens is 308 g/mol. The molecule has 0 aromatic rings. The van der Waals surface area contributed by atoms with Crippen LogP contribution < -0.4 is 5.43 Å². The predicted octanol–water partition coefficient (Wildman–Crippen LogP) is 6.62. The standard InChI is InChI=1S/C22H46N2O/c1-4-5-6-7-8-9-10-11-12-13-14-15-16-17-18-19-20-21-22(25)23-24(2)3/h4-21H2,1-3H3,(H,23,25). The molecule has 0 bridgehead atoms. The molecule has 1 amide bonds. The van der Waals surface area contributed by atoms with Crippen LogP contribution in [0.3, 0.4) is 0 Å². The minimum atomic E-state index is 0.144. The van der Waals surface area contributed by atoms with E-state index < -0.39 is 0 Å². The monoisotopic (exact) mass is 354 g/mol. The highest BCUT2D eigenvalue weighted by Crippen LogP contribution is 2.14. The van der Waals surface area contributed by atoms with Crippen LogP contribution in [0.1, 0.15) is 122 Å². The van der Waals surface area contributed by atoms with Crippen molar-refractivity contribution in [2.45, 2.75) is 122 Å². The summed E-state index contributed by atoms with van der Waals surface area (Å²) in [7, 11) is 3.71. The maximum atomic E-state index is 11.5. The summed E-state index contributed by atoms with van der Waals surface area (Å²) < 4.78 is 0. The molecule has 3 nitrogen and oxygen atoms in total. The molecule has 0 aromatic heterocycles. The Morgan fingerprint density at radius 1 is 0.600 bits per heavy atom. The fourth-order valence-corrected chi connectivity index (χ4v) is 3.32. The maximum Gasteiger partial charge on any atom is 0.234 e. The van der Waals surface area contributed by atoms with Gasteiger partial charge in [-0.05, 0) is 6.42 Å². The molecule has 0 spiro atoms. The number of hydrogen-bond donors (Lipinski definition) is 1. The van der Waals surface area contributed by atoms with Crippen molar-refractivity contribution >= 4 is 5.91 Å². The normalized spacial score (nSPS) is 11.2. The first-order valence-corrected chi connectivity index (χ1v) is 11.1. The number of rotatable bonds is 19. The summed E-state index contributed by atoms with van der Waals surface area (Å²) in [5.41, 5.74) is 2.79. The van der Waals surface area contributed by atoms with Gasteiger partial charge in [0.25, 0.3) is 0 Å². The lowest BCUT2D eigenvalue weighted by atomic mass is 10.0. The summed E-state index contributed by atoms with van der Waals surface area (Å²) >= 11 is 0. The van der Waals surface area contributed by atoms with E-state index in [1.54, 1.807) is 5.01 Å². The van der Waals surface area contributed by atoms with Crippen LogP contribution in [0.15, 0.2) is 0 Å². The Hall–Kier alpha value is -0.570. The van der Waals surface area contributed by atoms with Gasteiger partial charge in [0, 0.05) is 20.5 Å². The molecule has 0 aliphatic rings. The van der Waals surface area contributed by atoms with E-state index in [9.17, 15) is 4.79 Å². The fraction of sp³-hybridized carbons (Fsp3) is 0.955. The van der Waals surface area contributed by atoms with E-state index in [-0.39, 0.29) is 5.91 Å². The molecule has 0 aromatic carbocycles. The Labute approximate surface area is 158 Å². The van der Waals surface area contributed by atoms with Crippen LogP contribution in [-0.2, 0) is 4.79 Å². The zero-order valence-corrected chi connectivity index (χ0v) is 17.6. The third-order valence-corrected chi connectivity index (χ3v) is 4.86. The van der Waals surface area contributed by atoms with Crippen molar-refractivity contribution in [1.82, 2.24) is 10.4 Å². The Morgan fingerprint density at radius 2 is 0.920 bits per heavy atom. The quantitative estimate of drug-likeness (QED) is 0.209. The van der Waals surface area contributed by atoms with Gasteiger partial charge < -0.3 is 0 Å². The van der Waals surface area contributed by atoms with E-state index in [1.807, 2.05) is 14.1 Å². The van der Waals surface area contributed by atoms with Crippen molar-refractivity contribution in [3.63, 3.8) is 0 Å². The highest BCUT2D eigenvalue weighted by Gasteiger charge is 2.01. The number of nitrogens with zero attached hydrogens (tertiary/aromatic N) is 1. The molecule has 0 rings (SSSR count). The number of unbranched alkanes of at least 4 members (excludes halogenated alkanes) is 16. The topological polar surface area (TPSA) is 32.3 Å². The molecule has 1 N–H and O–H groups in total. The summed E-state index contributed by atoms with van der Waals surface area (Å²) in [5, 5.41) is 1.72. The molecule has 25 heavy (non-hydrogen) atoms. The summed E-state index contributed by atoms with van der Waals surface area (Å²) in [5.74, 6) is 0.144. The second kappa shape index (κ2) is 19.8. The average molecular weight is 355 g/mol. The molecule has 0 heterocycles. The lowest BCUT2D eigenvalue weighted by Crippen LogP contribution is -2.35. The van der Waals surface area contributed by atoms with E-state index in [1.165, 1.54) is 103 Å². The molecule has 3 heteroatoms. The minimum Gasteiger partial charge on any atom is -0.289 e. The molecule has 0 atom stereocenters. The average Bonchev–Trinajstić information content (AvgIpc) is 2.57. The number of nitrogens with one attached hydrogen (secondary N) is 1. The van der Waals surface area contributed by atoms with Crippen molar-refractivity contribution in [1.29, 1.82) is 0 Å². The predicted molar refractivity (Wildman–Crippen MR) is 111 cm³/mol. The molecule has 0 aliphatic carbocycles. The van der Waals surface area contributed by atoms with Gasteiger partial charge in [-0.2, -0.15) is 0 Å². The van der Waals surface area contributed by atoms with Crippen molar-refractivity contribution in [3.05, 3.63) is 0 Å². The van der Waals surface area contributed by atoms with Crippen molar-refractivity contribution < 1.29 is 4.79 Å². The Morgan fingerprint density at radius 3 is 1.24 bits per heavy atom. The maximum absolute atomic E-state index is 11.5. The van der Waals surface area contributed by atoms with Crippen LogP contribution in [0.5, 0.6) is 0 Å². The third-order valence-electron chi connectivity index (χ3n) is 4.86. The van der Waals surface area contributed by atoms with Crippen LogP contribution in [0, 0.1) is 0 Å². The highest BCUT2D eigenvalue weighted by molar-refractivity contribution is 5.75. The molecule has 0 saturated carbocycles. The smallest absolute Gasteiger partial charge is 0.234 e. The summed E-state index contributed by atoms with van der Waals surface area (Å²) in [6.45, 7) is 2.29. The van der Waals surface area contributed by atoms with E-state index in [0.29, 0.717) is 6.42 Å². The largest absolute Gasteiger partial charge is 0.289 e. The summed E-state index contributed by atoms with van der Waals surface area (Å²) in [6.07, 6.45) is 24.1. The zero-order chi connectivity index (χ0) is 18.6. The first-order chi connectivity index (χ1) is 12.2. The van der Waals surface area contributed by atoms with Gasteiger partial charge in [-0.25, -0.2) is 5.01 Å². The molecular formula is C22H46N2O. The SMILES string of the molecule is CCCCCCCCCCCCCCCCCCCC(=O)NN(C)C. The lowest BCUT2D eigenvalue weighted by Gasteiger charge is -2.11. The number of hydrogen-bond acceptors (Lipinski definition) is 2. The van der Waals surface area contributed by atoms with Crippen LogP contribution >= 0.6 is 0 Å². The van der Waals surface area contributed by atoms with Gasteiger partial charge in [0.1, 0.15) is 0 Å². The van der Waals surface area contributed by atoms with Crippen molar-refractivity contribution in [2.75, 3.05) is 14.1 Å². The van der Waals surface area contributed by atoms with Gasteiger partial charge in [-0.15, -0.1) is 0 Å². The second-order valence-corrected chi connectivity index (χ2v) is 7.84. The summed E-state index contributed by atoms with van der Waals surface area (Å²) in [4.78, 5) is 11.5. The number of hydrazine groups is 1. The first kappa shape index (κ1) is 24.4. The van der Waals surface area contributed by atoms with E-state index in [4.69, 9.17) is 0 Å². The van der Waals surface area contributed by atoms with Crippen LogP contribution in [-0.4, -0.2) is 25.0 Å². The molecule has 0 radical (unpaired) electrons. The van der Waals surface area contributed by atoms with E-state index in [0.717, 1.165) is 6.42 Å². The molecule has 150 valence electrons. The molecule has 0 saturated heterocycles. The Balaban J connectivity index is 3.06. The van der Waals surface area contributed by atoms with Crippen molar-refractivity contribution in [2.24, 2.45) is 0 Å². The molecule has 0 unspecified atom stereocenters. The zero-order valence-electron chi connectivity index (χ0n) is 17.6. The van der Waals surface area contributed by atoms with Crippen molar-refractivity contribution in [3.8, 4) is 0 Å². The van der Waals surface area contributed by atoms with Gasteiger partial charge >= 0.3 is 0 Å². The lowest BCUT2D eigenvalue weighted by molar-refractivity contribution is -0.124. The van der Waals surface area contributed by atoms with Gasteiger partial charge in [0.05, 0.1) is 0 Å². The van der Waals surface area contributed by atoms with Crippen LogP contribution in [0.2, 0.25) is 0 Å². The molecule has 0 aliphatic heterocycles. The Bertz CT molecular complexity index is 279. The number of carbonyl (C=O) groups is 1. The van der Waals surface area contributed by atoms with Gasteiger partial charge in [0.2, 0.25) is 5.91 Å². The number of amides is 1. The highest BCUT2D eigenvalue weighted by atomic mass is 16.2. The Kier molecular flexibility index (Phi) is 19.3. The summed E-state index contributed by atoms with van der Waals surface area (Å²) in [6, 6.07) is 0.